The first-order valence-electron chi connectivity index (χ1n) is 7.91. The van der Waals surface area contributed by atoms with Crippen LogP contribution in [0.4, 0.5) is 0 Å². The Kier molecular flexibility index (Phi) is 7.87. The van der Waals surface area contributed by atoms with E-state index in [-0.39, 0.29) is 36.1 Å². The number of likely N-dealkylation sites (N-methyl/N-ethyl adjacent to an activating group) is 1. The number of benzene rings is 1. The normalized spacial score (nSPS) is 11.4. The van der Waals surface area contributed by atoms with Crippen LogP contribution in [0.15, 0.2) is 70.0 Å². The SMILES string of the molecule is CN(C/C=C(/c1ccc(-c2ccco2)cc1)c1ccsc1)CC(=O)O.[NaH]. The Balaban J connectivity index is 0.00000243. The van der Waals surface area contributed by atoms with E-state index in [4.69, 9.17) is 9.52 Å². The van der Waals surface area contributed by atoms with Gasteiger partial charge in [-0.05, 0) is 52.7 Å². The molecule has 0 aliphatic rings. The number of aliphatic carboxylic acids is 1. The second-order valence-electron chi connectivity index (χ2n) is 5.77. The molecule has 26 heavy (non-hydrogen) atoms. The van der Waals surface area contributed by atoms with Crippen molar-refractivity contribution >= 4 is 52.4 Å². The van der Waals surface area contributed by atoms with Crippen molar-refractivity contribution in [1.29, 1.82) is 0 Å². The van der Waals surface area contributed by atoms with E-state index in [9.17, 15) is 4.79 Å². The summed E-state index contributed by atoms with van der Waals surface area (Å²) in [5, 5.41) is 13.0. The van der Waals surface area contributed by atoms with Crippen LogP contribution < -0.4 is 0 Å². The van der Waals surface area contributed by atoms with Gasteiger partial charge in [0.1, 0.15) is 5.76 Å². The summed E-state index contributed by atoms with van der Waals surface area (Å²) < 4.78 is 5.43. The third-order valence-corrected chi connectivity index (χ3v) is 4.53. The summed E-state index contributed by atoms with van der Waals surface area (Å²) in [6.45, 7) is 0.586. The van der Waals surface area contributed by atoms with Crippen molar-refractivity contribution in [2.45, 2.75) is 0 Å². The van der Waals surface area contributed by atoms with Crippen molar-refractivity contribution in [2.75, 3.05) is 20.1 Å². The van der Waals surface area contributed by atoms with E-state index in [2.05, 4.69) is 29.7 Å². The molecule has 0 spiro atoms. The molecular formula is C20H20NNaO3S. The van der Waals surface area contributed by atoms with E-state index < -0.39 is 5.97 Å². The Morgan fingerprint density at radius 2 is 1.96 bits per heavy atom. The topological polar surface area (TPSA) is 53.7 Å². The fraction of sp³-hybridized carbons (Fsp3) is 0.150. The summed E-state index contributed by atoms with van der Waals surface area (Å²) in [6, 6.07) is 14.1. The molecule has 2 heterocycles. The predicted molar refractivity (Wildman–Crippen MR) is 108 cm³/mol. The summed E-state index contributed by atoms with van der Waals surface area (Å²) in [4.78, 5) is 12.6. The number of rotatable bonds is 7. The molecule has 0 fully saturated rings. The number of nitrogens with zero attached hydrogens (tertiary/aromatic N) is 1. The van der Waals surface area contributed by atoms with Gasteiger partial charge in [0.05, 0.1) is 12.8 Å². The fourth-order valence-electron chi connectivity index (χ4n) is 2.62. The van der Waals surface area contributed by atoms with Crippen molar-refractivity contribution in [3.8, 4) is 11.3 Å². The minimum atomic E-state index is -0.823. The molecule has 0 saturated heterocycles. The maximum absolute atomic E-state index is 10.8. The van der Waals surface area contributed by atoms with E-state index in [1.165, 1.54) is 0 Å². The Bertz CT molecular complexity index is 840. The van der Waals surface area contributed by atoms with E-state index in [0.717, 1.165) is 28.0 Å². The Hall–Kier alpha value is -1.63. The van der Waals surface area contributed by atoms with E-state index >= 15 is 0 Å². The molecule has 4 nitrogen and oxygen atoms in total. The van der Waals surface area contributed by atoms with Gasteiger partial charge in [0, 0.05) is 12.1 Å². The first-order chi connectivity index (χ1) is 12.1. The number of hydrogen-bond acceptors (Lipinski definition) is 4. The van der Waals surface area contributed by atoms with Crippen LogP contribution in [-0.4, -0.2) is 65.7 Å². The van der Waals surface area contributed by atoms with Gasteiger partial charge in [-0.25, -0.2) is 0 Å². The van der Waals surface area contributed by atoms with Gasteiger partial charge in [-0.1, -0.05) is 30.3 Å². The molecule has 1 N–H and O–H groups in total. The van der Waals surface area contributed by atoms with Gasteiger partial charge in [-0.3, -0.25) is 9.69 Å². The van der Waals surface area contributed by atoms with Crippen molar-refractivity contribution < 1.29 is 14.3 Å². The molecule has 0 amide bonds. The molecular weight excluding hydrogens is 357 g/mol. The molecule has 3 rings (SSSR count). The van der Waals surface area contributed by atoms with Crippen LogP contribution in [0.3, 0.4) is 0 Å². The second-order valence-corrected chi connectivity index (χ2v) is 6.55. The van der Waals surface area contributed by atoms with Gasteiger partial charge < -0.3 is 9.52 Å². The predicted octanol–water partition coefficient (Wildman–Crippen LogP) is 3.81. The molecule has 0 bridgehead atoms. The standard InChI is InChI=1S/C20H19NO3S.Na.H/c1-21(13-20(22)23)10-8-18(17-9-12-25-14-17)15-4-6-16(7-5-15)19-3-2-11-24-19;;/h2-9,11-12,14H,10,13H2,1H3,(H,22,23);;/b18-8-;;. The summed E-state index contributed by atoms with van der Waals surface area (Å²) in [5.74, 6) is 0.0181. The maximum atomic E-state index is 10.8. The zero-order valence-electron chi connectivity index (χ0n) is 13.9. The van der Waals surface area contributed by atoms with Crippen molar-refractivity contribution in [2.24, 2.45) is 0 Å². The van der Waals surface area contributed by atoms with Crippen LogP contribution >= 0.6 is 11.3 Å². The van der Waals surface area contributed by atoms with Gasteiger partial charge in [0.2, 0.25) is 0 Å². The van der Waals surface area contributed by atoms with Crippen LogP contribution in [0.1, 0.15) is 11.1 Å². The first-order valence-corrected chi connectivity index (χ1v) is 8.85. The zero-order chi connectivity index (χ0) is 17.6. The average Bonchev–Trinajstić information content (AvgIpc) is 3.29. The molecule has 1 aromatic carbocycles. The molecule has 2 aromatic heterocycles. The van der Waals surface area contributed by atoms with Gasteiger partial charge in [-0.15, -0.1) is 0 Å². The zero-order valence-corrected chi connectivity index (χ0v) is 14.7. The number of carboxylic acids is 1. The molecule has 0 aliphatic carbocycles. The molecule has 0 atom stereocenters. The van der Waals surface area contributed by atoms with Crippen molar-refractivity contribution in [3.63, 3.8) is 0 Å². The number of furan rings is 1. The summed E-state index contributed by atoms with van der Waals surface area (Å²) in [5.41, 5.74) is 4.36. The van der Waals surface area contributed by atoms with Crippen LogP contribution in [0, 0.1) is 0 Å². The van der Waals surface area contributed by atoms with Crippen LogP contribution in [0.5, 0.6) is 0 Å². The minimum absolute atomic E-state index is 0. The second kappa shape index (κ2) is 9.90. The van der Waals surface area contributed by atoms with Gasteiger partial charge in [0.25, 0.3) is 0 Å². The van der Waals surface area contributed by atoms with Gasteiger partial charge >= 0.3 is 35.5 Å². The average molecular weight is 377 g/mol. The number of carbonyl (C=O) groups is 1. The molecule has 6 heteroatoms. The molecule has 0 unspecified atom stereocenters. The Labute approximate surface area is 179 Å². The van der Waals surface area contributed by atoms with Gasteiger partial charge in [0.15, 0.2) is 0 Å². The quantitative estimate of drug-likeness (QED) is 0.636. The van der Waals surface area contributed by atoms with Crippen molar-refractivity contribution in [3.05, 3.63) is 76.7 Å². The monoisotopic (exact) mass is 377 g/mol. The molecule has 0 radical (unpaired) electrons. The summed E-state index contributed by atoms with van der Waals surface area (Å²) in [7, 11) is 1.80. The fourth-order valence-corrected chi connectivity index (χ4v) is 3.28. The van der Waals surface area contributed by atoms with Crippen LogP contribution in [-0.2, 0) is 4.79 Å². The molecule has 3 aromatic rings. The summed E-state index contributed by atoms with van der Waals surface area (Å²) >= 11 is 1.65. The van der Waals surface area contributed by atoms with E-state index in [1.807, 2.05) is 29.6 Å². The number of thiophene rings is 1. The third-order valence-electron chi connectivity index (χ3n) is 3.85. The van der Waals surface area contributed by atoms with Crippen LogP contribution in [0.25, 0.3) is 16.9 Å². The van der Waals surface area contributed by atoms with E-state index in [0.29, 0.717) is 6.54 Å². The van der Waals surface area contributed by atoms with E-state index in [1.54, 1.807) is 29.5 Å². The summed E-state index contributed by atoms with van der Waals surface area (Å²) in [6.07, 6.45) is 3.74. The van der Waals surface area contributed by atoms with Crippen molar-refractivity contribution in [1.82, 2.24) is 4.90 Å². The first kappa shape index (κ1) is 20.7. The molecule has 0 aliphatic heterocycles. The third kappa shape index (κ3) is 5.43. The molecule has 0 saturated carbocycles. The molecule has 130 valence electrons. The van der Waals surface area contributed by atoms with Gasteiger partial charge in [-0.2, -0.15) is 11.3 Å². The number of hydrogen-bond donors (Lipinski definition) is 1. The Morgan fingerprint density at radius 1 is 1.19 bits per heavy atom. The number of carboxylic acid groups (broad SMARTS) is 1. The Morgan fingerprint density at radius 3 is 2.54 bits per heavy atom. The van der Waals surface area contributed by atoms with Crippen LogP contribution in [0.2, 0.25) is 0 Å².